The minimum Gasteiger partial charge on any atom is -0.766 e. The predicted molar refractivity (Wildman–Crippen MR) is 170 cm³/mol. The number of hydrogen-bond acceptors (Lipinski definition) is 12. The number of aliphatic hydroxyl groups excluding tert-OH is 2. The minimum atomic E-state index is -4.34. The van der Waals surface area contributed by atoms with E-state index in [0.717, 1.165) is 41.6 Å². The number of hydrogen-bond donors (Lipinski definition) is 4. The van der Waals surface area contributed by atoms with Crippen LogP contribution in [-0.4, -0.2) is 125 Å². The largest absolute Gasteiger partial charge is 0.766 e. The monoisotopic (exact) mass is 685 g/mol. The molecule has 5 aliphatic rings. The maximum absolute atomic E-state index is 12.2. The molecule has 17 heteroatoms. The van der Waals surface area contributed by atoms with Crippen LogP contribution in [-0.2, 0) is 23.3 Å². The lowest BCUT2D eigenvalue weighted by Gasteiger charge is -2.37. The summed E-state index contributed by atoms with van der Waals surface area (Å²) < 4.78 is 35.3. The van der Waals surface area contributed by atoms with Gasteiger partial charge in [-0.3, -0.25) is 14.4 Å². The van der Waals surface area contributed by atoms with Crippen LogP contribution >= 0.6 is 7.75 Å². The van der Waals surface area contributed by atoms with Crippen LogP contribution in [0.2, 0.25) is 0 Å². The van der Waals surface area contributed by atoms with Crippen LogP contribution in [0.4, 0.5) is 5.82 Å². The van der Waals surface area contributed by atoms with Gasteiger partial charge in [0.1, 0.15) is 24.1 Å². The fourth-order valence-corrected chi connectivity index (χ4v) is 7.85. The molecular weight excluding hydrogens is 633 g/mol. The highest BCUT2D eigenvalue weighted by Crippen LogP contribution is 2.43. The second-order valence-electron chi connectivity index (χ2n) is 12.9. The number of nitrogen functional groups attached to an aromatic ring is 1. The zero-order valence-corrected chi connectivity index (χ0v) is 28.0. The van der Waals surface area contributed by atoms with Crippen LogP contribution in [0.25, 0.3) is 0 Å². The van der Waals surface area contributed by atoms with Crippen LogP contribution < -0.4 is 21.6 Å². The first kappa shape index (κ1) is 36.3. The highest BCUT2D eigenvalue weighted by Gasteiger charge is 2.45. The minimum absolute atomic E-state index is 0.00280. The number of ether oxygens (including phenoxy) is 3. The van der Waals surface area contributed by atoms with Gasteiger partial charge in [0.2, 0.25) is 7.75 Å². The normalized spacial score (nSPS) is 30.0. The lowest BCUT2D eigenvalue weighted by molar-refractivity contribution is -0.594. The van der Waals surface area contributed by atoms with Crippen LogP contribution in [0.1, 0.15) is 70.4 Å². The fourth-order valence-electron chi connectivity index (χ4n) is 6.70. The third-order valence-corrected chi connectivity index (χ3v) is 11.0. The number of anilines is 1. The van der Waals surface area contributed by atoms with Crippen molar-refractivity contribution in [2.75, 3.05) is 64.9 Å². The summed E-state index contributed by atoms with van der Waals surface area (Å²) in [5.41, 5.74) is 4.63. The van der Waals surface area contributed by atoms with Gasteiger partial charge in [0.05, 0.1) is 45.1 Å². The molecule has 3 saturated heterocycles. The SMILES string of the molecule is C1CCC(N=C([NH2+]C2CCCCC2)N2CCOCC2)CC1.Nc1ccn(C2OC(COP(=O)([O-])N3CCOCC3)C(O)C2O)c(=O)n1. The lowest BCUT2D eigenvalue weighted by atomic mass is 9.95. The number of aromatic nitrogens is 2. The van der Waals surface area contributed by atoms with Gasteiger partial charge < -0.3 is 44.5 Å². The fraction of sp³-hybridized carbons (Fsp3) is 0.833. The van der Waals surface area contributed by atoms with Crippen LogP contribution in [0.15, 0.2) is 22.1 Å². The zero-order chi connectivity index (χ0) is 33.2. The van der Waals surface area contributed by atoms with Crippen molar-refractivity contribution in [2.24, 2.45) is 4.99 Å². The standard InChI is InChI=1S/C17H31N3O.C13H21N4O8P/c1-3-7-15(8-4-1)18-17(20-11-13-21-14-12-20)19-16-9-5-2-6-10-16;14-9-1-2-17(13(20)15-9)12-11(19)10(18)8(25-12)7-24-26(21,22)16-3-5-23-6-4-16/h15-16H,1-14H2,(H,18,19);1-2,8,10-12,18-19H,3-7H2,(H,21,22)(H2,14,15,20). The van der Waals surface area contributed by atoms with Crippen LogP contribution in [0.3, 0.4) is 0 Å². The summed E-state index contributed by atoms with van der Waals surface area (Å²) in [4.78, 5) is 35.2. The lowest BCUT2D eigenvalue weighted by Crippen LogP contribution is -2.96. The Hall–Kier alpha value is -1.98. The van der Waals surface area contributed by atoms with Crippen molar-refractivity contribution in [1.29, 1.82) is 0 Å². The number of guanidine groups is 1. The zero-order valence-electron chi connectivity index (χ0n) is 27.1. The Balaban J connectivity index is 0.000000189. The van der Waals surface area contributed by atoms with Gasteiger partial charge in [0, 0.05) is 32.4 Å². The average molecular weight is 686 g/mol. The van der Waals surface area contributed by atoms with Crippen LogP contribution in [0.5, 0.6) is 0 Å². The quantitative estimate of drug-likeness (QED) is 0.157. The van der Waals surface area contributed by atoms with Gasteiger partial charge in [-0.15, -0.1) is 0 Å². The third kappa shape index (κ3) is 10.3. The molecule has 0 radical (unpaired) electrons. The van der Waals surface area contributed by atoms with Crippen molar-refractivity contribution < 1.29 is 43.7 Å². The van der Waals surface area contributed by atoms with Gasteiger partial charge in [-0.25, -0.2) is 14.5 Å². The van der Waals surface area contributed by atoms with E-state index in [9.17, 15) is 24.5 Å². The molecule has 0 bridgehead atoms. The second kappa shape index (κ2) is 17.6. The Kier molecular flexibility index (Phi) is 13.6. The number of rotatable bonds is 7. The molecule has 0 aromatic carbocycles. The van der Waals surface area contributed by atoms with E-state index < -0.39 is 44.6 Å². The molecule has 2 saturated carbocycles. The first-order valence-electron chi connectivity index (χ1n) is 17.1. The molecule has 5 unspecified atom stereocenters. The molecule has 6 rings (SSSR count). The number of morpholine rings is 2. The first-order chi connectivity index (χ1) is 22.7. The molecule has 0 spiro atoms. The summed E-state index contributed by atoms with van der Waals surface area (Å²) >= 11 is 0. The Bertz CT molecular complexity index is 1250. The van der Waals surface area contributed by atoms with E-state index in [0.29, 0.717) is 6.04 Å². The number of nitrogens with two attached hydrogens (primary N) is 2. The molecule has 1 aromatic heterocycles. The molecule has 2 aliphatic carbocycles. The maximum atomic E-state index is 12.2. The van der Waals surface area contributed by atoms with Gasteiger partial charge in [-0.2, -0.15) is 4.98 Å². The highest BCUT2D eigenvalue weighted by molar-refractivity contribution is 7.48. The van der Waals surface area contributed by atoms with Gasteiger partial charge in [-0.05, 0) is 44.6 Å². The van der Waals surface area contributed by atoms with Crippen molar-refractivity contribution in [3.8, 4) is 0 Å². The third-order valence-electron chi connectivity index (χ3n) is 9.46. The molecule has 0 amide bonds. The molecule has 3 aliphatic heterocycles. The van der Waals surface area contributed by atoms with Gasteiger partial charge in [0.25, 0.3) is 5.96 Å². The molecule has 16 nitrogen and oxygen atoms in total. The topological polar surface area (TPSA) is 214 Å². The Morgan fingerprint density at radius 3 is 2.26 bits per heavy atom. The van der Waals surface area contributed by atoms with Crippen molar-refractivity contribution >= 4 is 19.5 Å². The first-order valence-corrected chi connectivity index (χ1v) is 18.6. The van der Waals surface area contributed by atoms with E-state index in [4.69, 9.17) is 29.5 Å². The van der Waals surface area contributed by atoms with E-state index in [1.807, 2.05) is 0 Å². The van der Waals surface area contributed by atoms with Gasteiger partial charge in [-0.1, -0.05) is 25.7 Å². The molecule has 266 valence electrons. The second-order valence-corrected chi connectivity index (χ2v) is 14.6. The summed E-state index contributed by atoms with van der Waals surface area (Å²) in [7, 11) is -4.34. The summed E-state index contributed by atoms with van der Waals surface area (Å²) in [6.07, 6.45) is 9.67. The molecular formula is C30H52N7O9P. The van der Waals surface area contributed by atoms with Crippen molar-refractivity contribution in [1.82, 2.24) is 19.1 Å². The van der Waals surface area contributed by atoms with Crippen LogP contribution in [0, 0.1) is 0 Å². The number of nitrogens with zero attached hydrogens (tertiary/aromatic N) is 5. The van der Waals surface area contributed by atoms with Crippen molar-refractivity contribution in [3.05, 3.63) is 22.7 Å². The van der Waals surface area contributed by atoms with E-state index in [1.165, 1.54) is 82.4 Å². The highest BCUT2D eigenvalue weighted by atomic mass is 31.2. The van der Waals surface area contributed by atoms with E-state index in [2.05, 4.69) is 15.2 Å². The molecule has 1 aromatic rings. The number of aliphatic imine (C=N–C) groups is 1. The smallest absolute Gasteiger partial charge is 0.351 e. The molecule has 5 fully saturated rings. The van der Waals surface area contributed by atoms with Crippen molar-refractivity contribution in [2.45, 2.75) is 101 Å². The molecule has 47 heavy (non-hydrogen) atoms. The van der Waals surface area contributed by atoms with E-state index >= 15 is 0 Å². The Morgan fingerprint density at radius 2 is 1.62 bits per heavy atom. The van der Waals surface area contributed by atoms with Gasteiger partial charge >= 0.3 is 5.69 Å². The average Bonchev–Trinajstić information content (AvgIpc) is 3.38. The maximum Gasteiger partial charge on any atom is 0.351 e. The van der Waals surface area contributed by atoms with Crippen molar-refractivity contribution in [3.63, 3.8) is 0 Å². The Morgan fingerprint density at radius 1 is 1.00 bits per heavy atom. The number of quaternary nitrogens is 1. The Labute approximate surface area is 275 Å². The number of aliphatic hydroxyl groups is 2. The summed E-state index contributed by atoms with van der Waals surface area (Å²) in [6.45, 7) is 4.15. The molecule has 6 N–H and O–H groups in total. The summed E-state index contributed by atoms with van der Waals surface area (Å²) in [6, 6.07) is 2.68. The predicted octanol–water partition coefficient (Wildman–Crippen LogP) is -0.835. The van der Waals surface area contributed by atoms with E-state index in [1.54, 1.807) is 0 Å². The summed E-state index contributed by atoms with van der Waals surface area (Å²) in [5.74, 6) is 1.30. The van der Waals surface area contributed by atoms with Gasteiger partial charge in [0.15, 0.2) is 6.23 Å². The summed E-state index contributed by atoms with van der Waals surface area (Å²) in [5, 5.41) is 22.7. The molecule has 4 heterocycles. The molecule has 5 atom stereocenters. The van der Waals surface area contributed by atoms with E-state index in [-0.39, 0.29) is 32.1 Å².